The number of carbonyl (C=O) groups is 12. The van der Waals surface area contributed by atoms with E-state index in [9.17, 15) is 81.0 Å². The molecule has 9 aromatic heterocycles. The Kier molecular flexibility index (Phi) is 19.7. The molecule has 0 spiro atoms. The number of hydrogen-bond donors (Lipinski definition) is 12. The number of pyridine rings is 5. The molecule has 40 heteroatoms. The second-order valence-corrected chi connectivity index (χ2v) is 34.8. The summed E-state index contributed by atoms with van der Waals surface area (Å²) in [6.45, 7) is 8.03. The number of aryl methyl sites for hydroxylation is 4. The number of hydrogen-bond acceptors (Lipinski definition) is 25. The summed E-state index contributed by atoms with van der Waals surface area (Å²) >= 11 is 0. The first kappa shape index (κ1) is 82.4. The van der Waals surface area contributed by atoms with Crippen molar-refractivity contribution >= 4 is 132 Å². The quantitative estimate of drug-likeness (QED) is 0.0419. The van der Waals surface area contributed by atoms with Crippen molar-refractivity contribution in [2.75, 3.05) is 30.9 Å². The maximum absolute atomic E-state index is 13.4. The predicted octanol–water partition coefficient (Wildman–Crippen LogP) is 6.76. The van der Waals surface area contributed by atoms with Crippen molar-refractivity contribution in [1.82, 2.24) is 87.1 Å². The van der Waals surface area contributed by atoms with E-state index in [4.69, 9.17) is 17.7 Å². The molecule has 5 fully saturated rings. The Labute approximate surface area is 727 Å². The maximum Gasteiger partial charge on any atom is 0.322 e. The van der Waals surface area contributed by atoms with Crippen molar-refractivity contribution in [3.05, 3.63) is 270 Å². The molecule has 12 N–H and O–H groups in total. The van der Waals surface area contributed by atoms with Gasteiger partial charge in [0, 0.05) is 91.3 Å². The van der Waals surface area contributed by atoms with Crippen LogP contribution in [-0.4, -0.2) is 166 Å². The Morgan fingerprint density at radius 1 is 0.450 bits per heavy atom. The lowest BCUT2D eigenvalue weighted by Gasteiger charge is -2.30. The number of urea groups is 4. The Balaban J connectivity index is 0.000000112. The Morgan fingerprint density at radius 3 is 1.33 bits per heavy atom. The Bertz CT molecular complexity index is 7310. The van der Waals surface area contributed by atoms with Crippen LogP contribution >= 0.6 is 0 Å². The summed E-state index contributed by atoms with van der Waals surface area (Å²) in [6, 6.07) is 38.0. The molecule has 17 heterocycles. The fourth-order valence-corrected chi connectivity index (χ4v) is 18.5. The zero-order valence-electron chi connectivity index (χ0n) is 68.6. The summed E-state index contributed by atoms with van der Waals surface area (Å²) in [4.78, 5) is 190. The van der Waals surface area contributed by atoms with Crippen LogP contribution in [0.1, 0.15) is 127 Å². The van der Waals surface area contributed by atoms with Gasteiger partial charge >= 0.3 is 24.1 Å². The van der Waals surface area contributed by atoms with Gasteiger partial charge in [0.05, 0.1) is 49.1 Å². The van der Waals surface area contributed by atoms with E-state index in [0.29, 0.717) is 98.1 Å². The number of aromatic amines is 1. The first-order valence-corrected chi connectivity index (χ1v) is 42.0. The van der Waals surface area contributed by atoms with E-state index in [-0.39, 0.29) is 121 Å². The van der Waals surface area contributed by atoms with E-state index in [1.807, 2.05) is 88.4 Å². The molecule has 8 aliphatic heterocycles. The van der Waals surface area contributed by atoms with Gasteiger partial charge in [0.2, 0.25) is 15.6 Å². The van der Waals surface area contributed by atoms with Gasteiger partial charge in [-0.15, -0.1) is 0 Å². The number of fused-ring (bicyclic) bond motifs is 8. The number of amides is 16. The van der Waals surface area contributed by atoms with Crippen molar-refractivity contribution < 1.29 is 93.8 Å². The second kappa shape index (κ2) is 30.9. The van der Waals surface area contributed by atoms with Gasteiger partial charge in [-0.05, 0) is 141 Å². The SMILES string of the molecule is Cc1ccc2c(c1)C(=O)N(C[C@@]1(c3cc4[nH]c(=O)ccc4o3)NC(=O)NC1=O)C2.Cc1ccc2c(c1)C(=O)N(C[C@@]1(c3cc4nc(NS(=O)(=O)C5CC5)ccc4o3)NC(=O)NC1=O)C2.Cc1ccc2c(c1)C(=O)N(C[C@@]1(c3cc4ncc(CO)cc4o3)NC(=O)NC1=O)C2.Cc1ccc2c(c1)C(=O)N(C[C@@]1(c3oc4cccnc4c3-c3ncccc3O)NC(=O)NC1=O)C2. The fraction of sp³-hybridized carbons (Fsp3) is 0.225. The highest BCUT2D eigenvalue weighted by molar-refractivity contribution is 7.93. The van der Waals surface area contributed by atoms with Gasteiger partial charge in [0.15, 0.2) is 50.2 Å². The molecular weight excluding hydrogens is 1690 g/mol. The van der Waals surface area contributed by atoms with Gasteiger partial charge in [-0.3, -0.25) is 84.1 Å². The lowest BCUT2D eigenvalue weighted by atomic mass is 9.90. The van der Waals surface area contributed by atoms with Gasteiger partial charge < -0.3 is 73.7 Å². The van der Waals surface area contributed by atoms with Crippen LogP contribution in [0, 0.1) is 27.7 Å². The van der Waals surface area contributed by atoms with Crippen molar-refractivity contribution in [2.24, 2.45) is 0 Å². The molecule has 129 heavy (non-hydrogen) atoms. The number of benzene rings is 4. The summed E-state index contributed by atoms with van der Waals surface area (Å²) < 4.78 is 50.7. The van der Waals surface area contributed by atoms with E-state index < -0.39 is 85.2 Å². The highest BCUT2D eigenvalue weighted by Gasteiger charge is 2.58. The van der Waals surface area contributed by atoms with Crippen LogP contribution in [0.25, 0.3) is 55.7 Å². The van der Waals surface area contributed by atoms with Gasteiger partial charge in [0.25, 0.3) is 47.3 Å². The van der Waals surface area contributed by atoms with Gasteiger partial charge in [-0.2, -0.15) is 0 Å². The highest BCUT2D eigenvalue weighted by Crippen LogP contribution is 2.46. The number of rotatable bonds is 17. The van der Waals surface area contributed by atoms with E-state index in [1.165, 1.54) is 68.4 Å². The fourth-order valence-electron chi connectivity index (χ4n) is 17.2. The molecule has 652 valence electrons. The largest absolute Gasteiger partial charge is 0.506 e. The van der Waals surface area contributed by atoms with Crippen LogP contribution in [0.2, 0.25) is 0 Å². The molecule has 1 aliphatic carbocycles. The minimum atomic E-state index is -3.51. The number of anilines is 1. The number of nitrogens with zero attached hydrogens (tertiary/aromatic N) is 8. The number of aliphatic hydroxyl groups is 1. The monoisotopic (exact) mass is 1760 g/mol. The Hall–Kier alpha value is -16.3. The molecule has 0 unspecified atom stereocenters. The smallest absolute Gasteiger partial charge is 0.322 e. The molecule has 4 atom stereocenters. The van der Waals surface area contributed by atoms with E-state index in [2.05, 4.69) is 72.2 Å². The van der Waals surface area contributed by atoms with Crippen molar-refractivity contribution in [2.45, 2.75) is 101 Å². The topological polar surface area (TPSA) is 538 Å². The van der Waals surface area contributed by atoms with Gasteiger partial charge in [-0.25, -0.2) is 32.6 Å². The van der Waals surface area contributed by atoms with Crippen molar-refractivity contribution in [3.63, 3.8) is 0 Å². The number of nitrogens with one attached hydrogen (secondary N) is 10. The van der Waals surface area contributed by atoms with Crippen LogP contribution < -0.4 is 52.8 Å². The average Bonchev–Trinajstić information content (AvgIpc) is 1.58. The number of imide groups is 4. The summed E-state index contributed by atoms with van der Waals surface area (Å²) in [5.41, 5.74) is 6.39. The third-order valence-electron chi connectivity index (χ3n) is 23.8. The molecule has 4 aromatic carbocycles. The minimum absolute atomic E-state index is 0.0310. The molecule has 39 nitrogen and oxygen atoms in total. The first-order chi connectivity index (χ1) is 61.8. The molecule has 0 radical (unpaired) electrons. The Morgan fingerprint density at radius 2 is 0.876 bits per heavy atom. The molecule has 0 bridgehead atoms. The third kappa shape index (κ3) is 14.5. The number of aromatic hydroxyl groups is 1. The zero-order chi connectivity index (χ0) is 90.2. The summed E-state index contributed by atoms with van der Waals surface area (Å²) in [5, 5.41) is 39.1. The summed E-state index contributed by atoms with van der Waals surface area (Å²) in [5.74, 6) is -3.09. The standard InChI is InChI=1S/C25H19N5O5.C23H21N5O6S.C21H18N4O5.C20H16N4O5/c1-13-6-7-14-11-30(22(32)15(14)10-13)12-25(23(33)28-24(34)29-25)21-18(19-16(31)4-2-8-26-19)20-17(35-21)5-3-9-27-20;1-12-2-3-13-10-28(20(29)15(13)8-12)11-23(21(30)25-22(31)26-23)18-9-16-17(34-18)6-7-19(24-16)27-35(32,33)14-4-5-14;1-11-2-3-13-8-25(18(27)14(13)4-11)10-21(19(28)23-20(29)24-21)17-6-15-16(30-17)5-12(9-26)7-22-15;1-10-2-3-11-8-24(17(26)12(11)6-10)9-20(18(27)22-19(28)23-20)15-7-13-14(29-15)4-5-16(25)21-13/h2-10,31H,11-12H2,1H3,(H2,28,29,33,34);2-3,6-9,14H,4-5,10-11H2,1H3,(H,24,27)(H2,25,26,30,31);2-7,26H,8-10H2,1H3,(H2,23,24,28,29);2-7H,8-9H2,1H3,(H,21,25)(H2,22,23,27,28)/t25-;23-;21-;20-/m0000/s1. The third-order valence-corrected chi connectivity index (χ3v) is 25.6. The lowest BCUT2D eigenvalue weighted by Crippen LogP contribution is -2.52. The molecule has 22 rings (SSSR count). The van der Waals surface area contributed by atoms with Gasteiger partial charge in [0.1, 0.15) is 51.1 Å². The summed E-state index contributed by atoms with van der Waals surface area (Å²) in [7, 11) is -3.51. The lowest BCUT2D eigenvalue weighted by molar-refractivity contribution is -0.126. The van der Waals surface area contributed by atoms with E-state index in [1.54, 1.807) is 54.7 Å². The number of carbonyl (C=O) groups excluding carboxylic acids is 12. The number of aliphatic hydroxyl groups excluding tert-OH is 1. The van der Waals surface area contributed by atoms with Crippen molar-refractivity contribution in [3.8, 4) is 17.0 Å². The molecule has 16 amide bonds. The van der Waals surface area contributed by atoms with Crippen LogP contribution in [0.4, 0.5) is 25.0 Å². The predicted molar refractivity (Wildman–Crippen MR) is 452 cm³/mol. The maximum atomic E-state index is 13.4. The molecule has 4 saturated heterocycles. The second-order valence-electron chi connectivity index (χ2n) is 32.8. The molecule has 13 aromatic rings. The first-order valence-electron chi connectivity index (χ1n) is 40.4. The number of H-pyrrole nitrogens is 1. The highest BCUT2D eigenvalue weighted by atomic mass is 32.2. The minimum Gasteiger partial charge on any atom is -0.506 e. The number of furan rings is 4. The molecular formula is C89H74N18O21S. The van der Waals surface area contributed by atoms with Crippen LogP contribution in [-0.2, 0) is 84.1 Å². The van der Waals surface area contributed by atoms with Gasteiger partial charge in [-0.1, -0.05) is 70.8 Å². The van der Waals surface area contributed by atoms with E-state index in [0.717, 1.165) is 44.5 Å². The molecule has 9 aliphatic rings. The average molecular weight is 1760 g/mol. The molecule has 1 saturated carbocycles. The zero-order valence-corrected chi connectivity index (χ0v) is 69.4. The van der Waals surface area contributed by atoms with Crippen LogP contribution in [0.3, 0.4) is 0 Å². The summed E-state index contributed by atoms with van der Waals surface area (Å²) in [6.07, 6.45) is 5.77. The van der Waals surface area contributed by atoms with Crippen LogP contribution in [0.15, 0.2) is 187 Å². The van der Waals surface area contributed by atoms with Crippen molar-refractivity contribution in [1.29, 1.82) is 0 Å². The van der Waals surface area contributed by atoms with Crippen LogP contribution in [0.5, 0.6) is 5.75 Å². The number of aromatic nitrogens is 5. The number of sulfonamides is 1. The van der Waals surface area contributed by atoms with E-state index >= 15 is 0 Å². The normalized spacial score (nSPS) is 20.6.